The second kappa shape index (κ2) is 30.8. The number of rotatable bonds is 3. The third-order valence-electron chi connectivity index (χ3n) is 16.4. The van der Waals surface area contributed by atoms with Crippen molar-refractivity contribution in [3.63, 3.8) is 0 Å². The predicted octanol–water partition coefficient (Wildman–Crippen LogP) is 23.6. The Morgan fingerprint density at radius 3 is 1.33 bits per heavy atom. The molecule has 0 saturated heterocycles. The van der Waals surface area contributed by atoms with Gasteiger partial charge in [0.1, 0.15) is 11.0 Å². The lowest BCUT2D eigenvalue weighted by Gasteiger charge is -2.24. The van der Waals surface area contributed by atoms with Crippen molar-refractivity contribution in [1.29, 1.82) is 0 Å². The second-order valence-corrected chi connectivity index (χ2v) is 31.1. The minimum absolute atomic E-state index is 0.0188. The summed E-state index contributed by atoms with van der Waals surface area (Å²) in [6, 6.07) is 60.4. The average molecular weight is 1300 g/mol. The molecule has 1 N–H and O–H groups in total. The summed E-state index contributed by atoms with van der Waals surface area (Å²) in [6.45, 7) is 45.5. The number of aromatic carboxylic acids is 1. The highest BCUT2D eigenvalue weighted by molar-refractivity contribution is 6.31. The lowest BCUT2D eigenvalue weighted by Crippen LogP contribution is -2.19. The Labute approximate surface area is 576 Å². The molecule has 0 atom stereocenters. The van der Waals surface area contributed by atoms with E-state index in [1.807, 2.05) is 87.9 Å². The third kappa shape index (κ3) is 19.1. The van der Waals surface area contributed by atoms with Crippen molar-refractivity contribution in [2.24, 2.45) is 0 Å². The maximum Gasteiger partial charge on any atom is 0.356 e. The molecule has 7 aromatic carbocycles. The van der Waals surface area contributed by atoms with Gasteiger partial charge in [-0.25, -0.2) is 14.2 Å². The van der Waals surface area contributed by atoms with E-state index in [4.69, 9.17) is 11.6 Å². The Balaban J connectivity index is 0.000000163. The maximum atomic E-state index is 12.9. The third-order valence-corrected chi connectivity index (χ3v) is 16.7. The fourth-order valence-corrected chi connectivity index (χ4v) is 12.7. The van der Waals surface area contributed by atoms with Gasteiger partial charge in [0.2, 0.25) is 0 Å². The van der Waals surface area contributed by atoms with Crippen molar-refractivity contribution in [2.75, 3.05) is 0 Å². The molecule has 12 aromatic rings. The van der Waals surface area contributed by atoms with E-state index >= 15 is 0 Å². The van der Waals surface area contributed by atoms with Crippen molar-refractivity contribution in [1.82, 2.24) is 30.1 Å². The van der Waals surface area contributed by atoms with Gasteiger partial charge in [-0.05, 0) is 151 Å². The summed E-state index contributed by atoms with van der Waals surface area (Å²) in [7, 11) is 0. The number of hydrogen-bond acceptors (Lipinski definition) is 7. The van der Waals surface area contributed by atoms with Gasteiger partial charge < -0.3 is 5.11 Å². The molecule has 0 spiro atoms. The van der Waals surface area contributed by atoms with Crippen LogP contribution in [0.15, 0.2) is 207 Å². The van der Waals surface area contributed by atoms with Crippen LogP contribution in [-0.4, -0.2) is 41.2 Å². The molecule has 96 heavy (non-hydrogen) atoms. The van der Waals surface area contributed by atoms with Crippen LogP contribution in [-0.2, 0) is 32.5 Å². The number of nitrogens with zero attached hydrogens (tertiary/aromatic N) is 6. The number of carbonyl (C=O) groups is 1. The number of carboxylic acids is 1. The van der Waals surface area contributed by atoms with E-state index in [-0.39, 0.29) is 44.0 Å². The average Bonchev–Trinajstić information content (AvgIpc) is 0.808. The zero-order chi connectivity index (χ0) is 70.7. The number of pyridine rings is 4. The highest BCUT2D eigenvalue weighted by Crippen LogP contribution is 2.38. The van der Waals surface area contributed by atoms with E-state index < -0.39 is 5.97 Å². The smallest absolute Gasteiger partial charge is 0.356 e. The molecule has 5 heterocycles. The standard InChI is InChI=1S/C16H19N.C15H16FN.C15H18.C14H17N.C13H14ClN.C13H14N2O2/c1-12-7-5-8-13(11-12)15-14(16(2,3)4)9-6-10-17-15;1-15(2,3)13-5-4-10-17-14(13)11-6-8-12(16)9-7-11;1-11-9-10-12-7-5-6-8-13(12)14(11)15(2,3)4;1-10-13(14(2,3)4)12-8-6-5-7-11(12)9-15-10;1-13(2,3)11-10-7-5-4-6-9(10)8-15-12(11)14;1-13(2,3)10-8-6-4-5-7-9(8)14-15-11(10)12(16)17/h5-11H,1-4H3;4-10H,1-3H3;5-10H,1-4H3;5-9H,1-4H3;4-8H,1-3H3;4-7H,1-3H3,(H,16,17). The van der Waals surface area contributed by atoms with Crippen molar-refractivity contribution < 1.29 is 14.3 Å². The van der Waals surface area contributed by atoms with Crippen LogP contribution in [0.5, 0.6) is 0 Å². The van der Waals surface area contributed by atoms with Gasteiger partial charge in [-0.2, -0.15) is 0 Å². The molecule has 0 bridgehead atoms. The van der Waals surface area contributed by atoms with Gasteiger partial charge in [-0.1, -0.05) is 275 Å². The Morgan fingerprint density at radius 2 is 0.844 bits per heavy atom. The molecule has 0 fully saturated rings. The summed E-state index contributed by atoms with van der Waals surface area (Å²) in [5.74, 6) is -1.25. The zero-order valence-corrected chi connectivity index (χ0v) is 61.2. The van der Waals surface area contributed by atoms with Gasteiger partial charge in [0, 0.05) is 68.9 Å². The molecular weight excluding hydrogens is 1200 g/mol. The Morgan fingerprint density at radius 1 is 0.396 bits per heavy atom. The quantitative estimate of drug-likeness (QED) is 0.174. The molecule has 498 valence electrons. The first kappa shape index (κ1) is 74.3. The fourth-order valence-electron chi connectivity index (χ4n) is 12.3. The Bertz CT molecular complexity index is 4400. The molecule has 5 aromatic heterocycles. The summed E-state index contributed by atoms with van der Waals surface area (Å²) < 4.78 is 12.9. The van der Waals surface area contributed by atoms with E-state index in [0.29, 0.717) is 5.15 Å². The lowest BCUT2D eigenvalue weighted by molar-refractivity contribution is 0.0686. The normalized spacial score (nSPS) is 11.8. The second-order valence-electron chi connectivity index (χ2n) is 30.7. The molecule has 0 aliphatic carbocycles. The number of aromatic nitrogens is 6. The van der Waals surface area contributed by atoms with E-state index in [9.17, 15) is 14.3 Å². The van der Waals surface area contributed by atoms with Gasteiger partial charge in [-0.15, -0.1) is 10.2 Å². The molecular formula is C86H98ClFN6O2. The monoisotopic (exact) mass is 1300 g/mol. The summed E-state index contributed by atoms with van der Waals surface area (Å²) in [5.41, 5.74) is 16.2. The van der Waals surface area contributed by atoms with Crippen LogP contribution in [0.4, 0.5) is 4.39 Å². The predicted molar refractivity (Wildman–Crippen MR) is 405 cm³/mol. The summed E-state index contributed by atoms with van der Waals surface area (Å²) in [5, 5.41) is 26.1. The SMILES string of the molecule is CC(C)(C)c1c(C(=O)O)nnc2ccccc12.CC(C)(C)c1c(Cl)ncc2ccccc12.CC(C)(C)c1cccnc1-c1ccc(F)cc1.Cc1ccc2ccccc2c1C(C)(C)C.Cc1cccc(-c2ncccc2C(C)(C)C)c1.Cc1ncc2ccccc2c1C(C)(C)C. The number of carboxylic acid groups (broad SMARTS) is 1. The van der Waals surface area contributed by atoms with Gasteiger partial charge in [-0.3, -0.25) is 15.0 Å². The van der Waals surface area contributed by atoms with Crippen LogP contribution in [0, 0.1) is 26.6 Å². The summed E-state index contributed by atoms with van der Waals surface area (Å²) in [6.07, 6.45) is 7.42. The lowest BCUT2D eigenvalue weighted by atomic mass is 9.81. The van der Waals surface area contributed by atoms with Crippen LogP contribution in [0.25, 0.3) is 65.7 Å². The number of hydrogen-bond donors (Lipinski definition) is 1. The minimum Gasteiger partial charge on any atom is -0.476 e. The Kier molecular flexibility index (Phi) is 23.8. The summed E-state index contributed by atoms with van der Waals surface area (Å²) in [4.78, 5) is 28.9. The number of halogens is 2. The Hall–Kier alpha value is -9.05. The molecule has 8 nitrogen and oxygen atoms in total. The highest BCUT2D eigenvalue weighted by atomic mass is 35.5. The fraction of sp³-hybridized carbons (Fsp3) is 0.314. The molecule has 0 saturated carbocycles. The van der Waals surface area contributed by atoms with Crippen LogP contribution in [0.3, 0.4) is 0 Å². The maximum absolute atomic E-state index is 12.9. The summed E-state index contributed by atoms with van der Waals surface area (Å²) >= 11 is 6.18. The van der Waals surface area contributed by atoms with Crippen LogP contribution < -0.4 is 0 Å². The van der Waals surface area contributed by atoms with Crippen LogP contribution in [0.2, 0.25) is 5.15 Å². The minimum atomic E-state index is -1.03. The number of aryl methyl sites for hydroxylation is 3. The highest BCUT2D eigenvalue weighted by Gasteiger charge is 2.27. The van der Waals surface area contributed by atoms with E-state index in [0.717, 1.165) is 50.1 Å². The van der Waals surface area contributed by atoms with Gasteiger partial charge in [0.05, 0.1) is 16.9 Å². The van der Waals surface area contributed by atoms with Crippen LogP contribution >= 0.6 is 11.6 Å². The first-order chi connectivity index (χ1) is 44.9. The van der Waals surface area contributed by atoms with Crippen molar-refractivity contribution in [3.8, 4) is 22.5 Å². The molecule has 12 rings (SSSR count). The van der Waals surface area contributed by atoms with Gasteiger partial charge >= 0.3 is 5.97 Å². The van der Waals surface area contributed by atoms with Gasteiger partial charge in [0.25, 0.3) is 0 Å². The zero-order valence-electron chi connectivity index (χ0n) is 60.4. The molecule has 0 aliphatic rings. The van der Waals surface area contributed by atoms with E-state index in [1.165, 1.54) is 78.0 Å². The van der Waals surface area contributed by atoms with Crippen molar-refractivity contribution >= 4 is 60.8 Å². The molecule has 10 heteroatoms. The first-order valence-electron chi connectivity index (χ1n) is 33.0. The van der Waals surface area contributed by atoms with Crippen LogP contribution in [0.1, 0.15) is 185 Å². The molecule has 0 radical (unpaired) electrons. The topological polar surface area (TPSA) is 115 Å². The van der Waals surface area contributed by atoms with E-state index in [1.54, 1.807) is 18.3 Å². The molecule has 0 unspecified atom stereocenters. The molecule has 0 amide bonds. The number of benzene rings is 7. The first-order valence-corrected chi connectivity index (χ1v) is 33.4. The number of fused-ring (bicyclic) bond motifs is 4. The van der Waals surface area contributed by atoms with E-state index in [2.05, 4.69) is 264 Å². The van der Waals surface area contributed by atoms with Gasteiger partial charge in [0.15, 0.2) is 5.69 Å². The van der Waals surface area contributed by atoms with Crippen molar-refractivity contribution in [3.05, 3.63) is 274 Å². The van der Waals surface area contributed by atoms with Crippen molar-refractivity contribution in [2.45, 2.75) is 178 Å². The largest absolute Gasteiger partial charge is 0.476 e. The molecule has 0 aliphatic heterocycles.